The van der Waals surface area contributed by atoms with E-state index in [4.69, 9.17) is 11.6 Å². The van der Waals surface area contributed by atoms with Crippen molar-refractivity contribution in [3.63, 3.8) is 0 Å². The number of nitrogens with zero attached hydrogens (tertiary/aromatic N) is 1. The van der Waals surface area contributed by atoms with Crippen molar-refractivity contribution in [3.05, 3.63) is 101 Å². The van der Waals surface area contributed by atoms with Gasteiger partial charge in [0, 0.05) is 28.9 Å². The van der Waals surface area contributed by atoms with Gasteiger partial charge in [-0.15, -0.1) is 11.8 Å². The molecule has 0 saturated heterocycles. The minimum Gasteiger partial charge on any atom is -0.352 e. The van der Waals surface area contributed by atoms with E-state index < -0.39 is 6.04 Å². The standard InChI is InChI=1S/C29H33ClN2O2S/c1-4-22(3)31-29(34)27(18-23-9-6-5-7-10-23)32(19-24-11-8-12-25(30)17-24)28(33)20-35-26-15-13-21(2)14-16-26/h5-17,22,27H,4,18-20H2,1-3H3,(H,31,34)/t22-,27+/m1/s1. The molecule has 0 aliphatic carbocycles. The molecular formula is C29H33ClN2O2S. The molecule has 2 amide bonds. The highest BCUT2D eigenvalue weighted by Crippen LogP contribution is 2.22. The lowest BCUT2D eigenvalue weighted by Gasteiger charge is -2.32. The van der Waals surface area contributed by atoms with Gasteiger partial charge < -0.3 is 10.2 Å². The second kappa shape index (κ2) is 13.4. The summed E-state index contributed by atoms with van der Waals surface area (Å²) in [6, 6.07) is 24.8. The number of nitrogens with one attached hydrogen (secondary N) is 1. The number of halogens is 1. The molecule has 4 nitrogen and oxygen atoms in total. The normalized spacial score (nSPS) is 12.6. The fraction of sp³-hybridized carbons (Fsp3) is 0.310. The fourth-order valence-electron chi connectivity index (χ4n) is 3.69. The number of carbonyl (C=O) groups excluding carboxylic acids is 2. The van der Waals surface area contributed by atoms with E-state index in [1.165, 1.54) is 17.3 Å². The topological polar surface area (TPSA) is 49.4 Å². The van der Waals surface area contributed by atoms with Crippen LogP contribution in [0.25, 0.3) is 0 Å². The number of rotatable bonds is 11. The van der Waals surface area contributed by atoms with Gasteiger partial charge in [0.05, 0.1) is 5.75 Å². The molecule has 3 rings (SSSR count). The Kier molecular flexibility index (Phi) is 10.2. The van der Waals surface area contributed by atoms with E-state index in [0.29, 0.717) is 18.0 Å². The maximum Gasteiger partial charge on any atom is 0.243 e. The van der Waals surface area contributed by atoms with Crippen LogP contribution >= 0.6 is 23.4 Å². The Bertz CT molecular complexity index is 1110. The molecule has 184 valence electrons. The molecule has 2 atom stereocenters. The zero-order chi connectivity index (χ0) is 25.2. The summed E-state index contributed by atoms with van der Waals surface area (Å²) in [5, 5.41) is 3.70. The number of hydrogen-bond donors (Lipinski definition) is 1. The number of hydrogen-bond acceptors (Lipinski definition) is 3. The van der Waals surface area contributed by atoms with Crippen molar-refractivity contribution in [1.82, 2.24) is 10.2 Å². The summed E-state index contributed by atoms with van der Waals surface area (Å²) in [4.78, 5) is 29.9. The molecule has 3 aromatic carbocycles. The van der Waals surface area contributed by atoms with E-state index >= 15 is 0 Å². The van der Waals surface area contributed by atoms with Crippen molar-refractivity contribution in [2.24, 2.45) is 0 Å². The van der Waals surface area contributed by atoms with Crippen LogP contribution in [0, 0.1) is 6.92 Å². The van der Waals surface area contributed by atoms with Crippen molar-refractivity contribution in [3.8, 4) is 0 Å². The molecule has 0 aromatic heterocycles. The largest absolute Gasteiger partial charge is 0.352 e. The average Bonchev–Trinajstić information content (AvgIpc) is 2.86. The summed E-state index contributed by atoms with van der Waals surface area (Å²) in [6.45, 7) is 6.35. The van der Waals surface area contributed by atoms with Gasteiger partial charge in [0.25, 0.3) is 0 Å². The van der Waals surface area contributed by atoms with E-state index in [1.54, 1.807) is 4.90 Å². The minimum absolute atomic E-state index is 0.0193. The van der Waals surface area contributed by atoms with Gasteiger partial charge in [-0.2, -0.15) is 0 Å². The summed E-state index contributed by atoms with van der Waals surface area (Å²) < 4.78 is 0. The number of thioether (sulfide) groups is 1. The second-order valence-corrected chi connectivity index (χ2v) is 10.3. The van der Waals surface area contributed by atoms with Crippen LogP contribution in [0.2, 0.25) is 5.02 Å². The van der Waals surface area contributed by atoms with Crippen molar-refractivity contribution in [2.75, 3.05) is 5.75 Å². The molecule has 0 heterocycles. The molecular weight excluding hydrogens is 476 g/mol. The van der Waals surface area contributed by atoms with Crippen molar-refractivity contribution in [1.29, 1.82) is 0 Å². The Hall–Kier alpha value is -2.76. The molecule has 6 heteroatoms. The molecule has 3 aromatic rings. The van der Waals surface area contributed by atoms with E-state index in [-0.39, 0.29) is 23.6 Å². The van der Waals surface area contributed by atoms with Crippen LogP contribution in [0.1, 0.15) is 37.0 Å². The summed E-state index contributed by atoms with van der Waals surface area (Å²) >= 11 is 7.72. The molecule has 35 heavy (non-hydrogen) atoms. The van der Waals surface area contributed by atoms with Gasteiger partial charge in [-0.1, -0.05) is 78.7 Å². The first-order valence-electron chi connectivity index (χ1n) is 11.9. The fourth-order valence-corrected chi connectivity index (χ4v) is 4.69. The summed E-state index contributed by atoms with van der Waals surface area (Å²) in [5.74, 6) is 0.0145. The highest BCUT2D eigenvalue weighted by Gasteiger charge is 2.31. The van der Waals surface area contributed by atoms with Crippen LogP contribution in [0.4, 0.5) is 0 Å². The lowest BCUT2D eigenvalue weighted by molar-refractivity contribution is -0.139. The molecule has 0 aliphatic rings. The Morgan fingerprint density at radius 1 is 0.971 bits per heavy atom. The maximum absolute atomic E-state index is 13.7. The number of aryl methyl sites for hydroxylation is 1. The van der Waals surface area contributed by atoms with Crippen molar-refractivity contribution >= 4 is 35.2 Å². The highest BCUT2D eigenvalue weighted by atomic mass is 35.5. The Labute approximate surface area is 218 Å². The Morgan fingerprint density at radius 2 is 1.66 bits per heavy atom. The van der Waals surface area contributed by atoms with Gasteiger partial charge in [-0.25, -0.2) is 0 Å². The highest BCUT2D eigenvalue weighted by molar-refractivity contribution is 8.00. The number of carbonyl (C=O) groups is 2. The molecule has 0 saturated carbocycles. The van der Waals surface area contributed by atoms with Gasteiger partial charge in [-0.05, 0) is 55.7 Å². The zero-order valence-corrected chi connectivity index (χ0v) is 22.1. The quantitative estimate of drug-likeness (QED) is 0.309. The molecule has 1 N–H and O–H groups in total. The third-order valence-corrected chi connectivity index (χ3v) is 7.13. The average molecular weight is 509 g/mol. The third-order valence-electron chi connectivity index (χ3n) is 5.90. The molecule has 0 radical (unpaired) electrons. The van der Waals surface area contributed by atoms with Gasteiger partial charge in [-0.3, -0.25) is 9.59 Å². The van der Waals surface area contributed by atoms with Gasteiger partial charge in [0.1, 0.15) is 6.04 Å². The van der Waals surface area contributed by atoms with Crippen LogP contribution in [-0.2, 0) is 22.6 Å². The van der Waals surface area contributed by atoms with Crippen LogP contribution in [0.3, 0.4) is 0 Å². The first-order chi connectivity index (χ1) is 16.9. The van der Waals surface area contributed by atoms with Crippen LogP contribution in [-0.4, -0.2) is 34.6 Å². The maximum atomic E-state index is 13.7. The van der Waals surface area contributed by atoms with E-state index in [9.17, 15) is 9.59 Å². The van der Waals surface area contributed by atoms with E-state index in [2.05, 4.69) is 5.32 Å². The summed E-state index contributed by atoms with van der Waals surface area (Å²) in [6.07, 6.45) is 1.25. The van der Waals surface area contributed by atoms with Gasteiger partial charge in [0.15, 0.2) is 0 Å². The minimum atomic E-state index is -0.642. The lowest BCUT2D eigenvalue weighted by atomic mass is 10.0. The molecule has 0 bridgehead atoms. The van der Waals surface area contributed by atoms with Crippen LogP contribution in [0.5, 0.6) is 0 Å². The summed E-state index contributed by atoms with van der Waals surface area (Å²) in [7, 11) is 0. The zero-order valence-electron chi connectivity index (χ0n) is 20.5. The van der Waals surface area contributed by atoms with Crippen LogP contribution in [0.15, 0.2) is 83.8 Å². The Morgan fingerprint density at radius 3 is 2.31 bits per heavy atom. The predicted octanol–water partition coefficient (Wildman–Crippen LogP) is 6.30. The Balaban J connectivity index is 1.90. The smallest absolute Gasteiger partial charge is 0.243 e. The summed E-state index contributed by atoms with van der Waals surface area (Å²) in [5.41, 5.74) is 3.07. The monoisotopic (exact) mass is 508 g/mol. The SMILES string of the molecule is CC[C@@H](C)NC(=O)[C@H](Cc1ccccc1)N(Cc1cccc(Cl)c1)C(=O)CSc1ccc(C)cc1. The van der Waals surface area contributed by atoms with Crippen molar-refractivity contribution < 1.29 is 9.59 Å². The van der Waals surface area contributed by atoms with Crippen molar-refractivity contribution in [2.45, 2.75) is 57.1 Å². The van der Waals surface area contributed by atoms with Crippen LogP contribution < -0.4 is 5.32 Å². The number of benzene rings is 3. The van der Waals surface area contributed by atoms with Gasteiger partial charge >= 0.3 is 0 Å². The van der Waals surface area contributed by atoms with Gasteiger partial charge in [0.2, 0.25) is 11.8 Å². The number of amides is 2. The molecule has 0 fully saturated rings. The molecule has 0 aliphatic heterocycles. The van der Waals surface area contributed by atoms with E-state index in [0.717, 1.165) is 22.4 Å². The molecule has 0 unspecified atom stereocenters. The van der Waals surface area contributed by atoms with E-state index in [1.807, 2.05) is 99.6 Å². The third kappa shape index (κ3) is 8.44. The second-order valence-electron chi connectivity index (χ2n) is 8.78. The predicted molar refractivity (Wildman–Crippen MR) is 146 cm³/mol. The first-order valence-corrected chi connectivity index (χ1v) is 13.3. The molecule has 0 spiro atoms. The first kappa shape index (κ1) is 26.8. The lowest BCUT2D eigenvalue weighted by Crippen LogP contribution is -2.52.